The van der Waals surface area contributed by atoms with Gasteiger partial charge in [0.2, 0.25) is 0 Å². The standard InChI is InChI=1S/C15H18FN3/c1-3-19(14-6-4-5-13(16)9-14)15-8-7-12(10-18-15)11(2)17/h4-11H,3,17H2,1-2H3. The third-order valence-electron chi connectivity index (χ3n) is 3.01. The lowest BCUT2D eigenvalue weighted by atomic mass is 10.1. The Morgan fingerprint density at radius 1 is 1.32 bits per heavy atom. The maximum atomic E-state index is 13.3. The van der Waals surface area contributed by atoms with Crippen LogP contribution >= 0.6 is 0 Å². The van der Waals surface area contributed by atoms with E-state index < -0.39 is 0 Å². The summed E-state index contributed by atoms with van der Waals surface area (Å²) in [4.78, 5) is 6.35. The van der Waals surface area contributed by atoms with E-state index in [1.807, 2.05) is 36.9 Å². The molecule has 0 bridgehead atoms. The Hall–Kier alpha value is -1.94. The molecule has 1 aromatic heterocycles. The van der Waals surface area contributed by atoms with E-state index in [1.54, 1.807) is 12.3 Å². The van der Waals surface area contributed by atoms with E-state index in [0.29, 0.717) is 6.54 Å². The zero-order valence-corrected chi connectivity index (χ0v) is 11.2. The van der Waals surface area contributed by atoms with Crippen LogP contribution in [0, 0.1) is 5.82 Å². The number of anilines is 2. The van der Waals surface area contributed by atoms with Crippen molar-refractivity contribution in [3.05, 3.63) is 54.0 Å². The third-order valence-corrected chi connectivity index (χ3v) is 3.01. The molecule has 0 spiro atoms. The number of nitrogens with two attached hydrogens (primary N) is 1. The summed E-state index contributed by atoms with van der Waals surface area (Å²) >= 11 is 0. The lowest BCUT2D eigenvalue weighted by molar-refractivity contribution is 0.627. The minimum Gasteiger partial charge on any atom is -0.327 e. The van der Waals surface area contributed by atoms with E-state index in [-0.39, 0.29) is 11.9 Å². The Labute approximate surface area is 112 Å². The predicted octanol–water partition coefficient (Wildman–Crippen LogP) is 3.40. The molecule has 0 aliphatic carbocycles. The number of rotatable bonds is 4. The highest BCUT2D eigenvalue weighted by Gasteiger charge is 2.09. The average molecular weight is 259 g/mol. The zero-order valence-electron chi connectivity index (χ0n) is 11.2. The molecule has 1 heterocycles. The molecule has 0 fully saturated rings. The van der Waals surface area contributed by atoms with Gasteiger partial charge in [-0.3, -0.25) is 0 Å². The van der Waals surface area contributed by atoms with Gasteiger partial charge in [0, 0.05) is 24.5 Å². The Bertz CT molecular complexity index is 537. The molecular formula is C15H18FN3. The molecule has 19 heavy (non-hydrogen) atoms. The smallest absolute Gasteiger partial charge is 0.132 e. The van der Waals surface area contributed by atoms with Crippen LogP contribution in [0.3, 0.4) is 0 Å². The highest BCUT2D eigenvalue weighted by Crippen LogP contribution is 2.24. The molecule has 1 atom stereocenters. The van der Waals surface area contributed by atoms with Crippen molar-refractivity contribution in [1.29, 1.82) is 0 Å². The topological polar surface area (TPSA) is 42.1 Å². The van der Waals surface area contributed by atoms with Crippen LogP contribution in [0.2, 0.25) is 0 Å². The number of benzene rings is 1. The van der Waals surface area contributed by atoms with Gasteiger partial charge in [-0.2, -0.15) is 0 Å². The number of nitrogens with zero attached hydrogens (tertiary/aromatic N) is 2. The second kappa shape index (κ2) is 5.80. The largest absolute Gasteiger partial charge is 0.327 e. The highest BCUT2D eigenvalue weighted by atomic mass is 19.1. The summed E-state index contributed by atoms with van der Waals surface area (Å²) < 4.78 is 13.3. The summed E-state index contributed by atoms with van der Waals surface area (Å²) in [5.74, 6) is 0.542. The molecule has 100 valence electrons. The number of hydrogen-bond donors (Lipinski definition) is 1. The molecule has 0 aliphatic heterocycles. The van der Waals surface area contributed by atoms with Crippen molar-refractivity contribution in [3.8, 4) is 0 Å². The van der Waals surface area contributed by atoms with Crippen LogP contribution in [-0.4, -0.2) is 11.5 Å². The summed E-state index contributed by atoms with van der Waals surface area (Å²) in [7, 11) is 0. The van der Waals surface area contributed by atoms with Crippen LogP contribution in [0.1, 0.15) is 25.5 Å². The summed E-state index contributed by atoms with van der Waals surface area (Å²) in [6.45, 7) is 4.64. The summed E-state index contributed by atoms with van der Waals surface area (Å²) in [6.07, 6.45) is 1.77. The molecule has 1 aromatic carbocycles. The van der Waals surface area contributed by atoms with Crippen molar-refractivity contribution in [3.63, 3.8) is 0 Å². The zero-order chi connectivity index (χ0) is 13.8. The van der Waals surface area contributed by atoms with Gasteiger partial charge < -0.3 is 10.6 Å². The molecule has 1 unspecified atom stereocenters. The van der Waals surface area contributed by atoms with E-state index in [0.717, 1.165) is 17.1 Å². The quantitative estimate of drug-likeness (QED) is 0.915. The van der Waals surface area contributed by atoms with Gasteiger partial charge in [0.05, 0.1) is 0 Å². The first-order valence-electron chi connectivity index (χ1n) is 6.36. The molecule has 2 rings (SSSR count). The normalized spacial score (nSPS) is 12.2. The van der Waals surface area contributed by atoms with E-state index >= 15 is 0 Å². The van der Waals surface area contributed by atoms with Gasteiger partial charge in [0.15, 0.2) is 0 Å². The van der Waals surface area contributed by atoms with Crippen LogP contribution < -0.4 is 10.6 Å². The van der Waals surface area contributed by atoms with E-state index in [4.69, 9.17) is 5.73 Å². The number of halogens is 1. The molecular weight excluding hydrogens is 241 g/mol. The van der Waals surface area contributed by atoms with Crippen molar-refractivity contribution < 1.29 is 4.39 Å². The van der Waals surface area contributed by atoms with E-state index in [1.165, 1.54) is 12.1 Å². The van der Waals surface area contributed by atoms with Crippen LogP contribution in [0.25, 0.3) is 0 Å². The Balaban J connectivity index is 2.31. The van der Waals surface area contributed by atoms with Gasteiger partial charge in [-0.05, 0) is 43.7 Å². The maximum absolute atomic E-state index is 13.3. The molecule has 3 nitrogen and oxygen atoms in total. The Morgan fingerprint density at radius 3 is 2.63 bits per heavy atom. The van der Waals surface area contributed by atoms with E-state index in [2.05, 4.69) is 4.98 Å². The molecule has 4 heteroatoms. The van der Waals surface area contributed by atoms with Gasteiger partial charge in [-0.25, -0.2) is 9.37 Å². The monoisotopic (exact) mass is 259 g/mol. The van der Waals surface area contributed by atoms with Gasteiger partial charge in [0.1, 0.15) is 11.6 Å². The summed E-state index contributed by atoms with van der Waals surface area (Å²) in [5.41, 5.74) is 7.58. The molecule has 2 N–H and O–H groups in total. The second-order valence-electron chi connectivity index (χ2n) is 4.46. The summed E-state index contributed by atoms with van der Waals surface area (Å²) in [6, 6.07) is 10.3. The number of aromatic nitrogens is 1. The fourth-order valence-electron chi connectivity index (χ4n) is 1.95. The molecule has 0 aliphatic rings. The van der Waals surface area contributed by atoms with Gasteiger partial charge in [-0.1, -0.05) is 12.1 Å². The molecule has 0 radical (unpaired) electrons. The van der Waals surface area contributed by atoms with Gasteiger partial charge in [-0.15, -0.1) is 0 Å². The van der Waals surface area contributed by atoms with Crippen LogP contribution in [0.4, 0.5) is 15.9 Å². The van der Waals surface area contributed by atoms with Crippen LogP contribution in [0.5, 0.6) is 0 Å². The first-order valence-corrected chi connectivity index (χ1v) is 6.36. The lowest BCUT2D eigenvalue weighted by Crippen LogP contribution is -2.17. The average Bonchev–Trinajstić information content (AvgIpc) is 2.40. The highest BCUT2D eigenvalue weighted by molar-refractivity contribution is 5.59. The van der Waals surface area contributed by atoms with Crippen LogP contribution in [-0.2, 0) is 0 Å². The minimum absolute atomic E-state index is 0.0363. The first kappa shape index (κ1) is 13.5. The molecule has 0 saturated carbocycles. The maximum Gasteiger partial charge on any atom is 0.132 e. The SMILES string of the molecule is CCN(c1cccc(F)c1)c1ccc(C(C)N)cn1. The molecule has 0 saturated heterocycles. The van der Waals surface area contributed by atoms with Crippen molar-refractivity contribution in [1.82, 2.24) is 4.98 Å². The second-order valence-corrected chi connectivity index (χ2v) is 4.46. The lowest BCUT2D eigenvalue weighted by Gasteiger charge is -2.22. The van der Waals surface area contributed by atoms with Crippen molar-refractivity contribution in [2.45, 2.75) is 19.9 Å². The van der Waals surface area contributed by atoms with Crippen molar-refractivity contribution in [2.75, 3.05) is 11.4 Å². The van der Waals surface area contributed by atoms with Gasteiger partial charge >= 0.3 is 0 Å². The molecule has 2 aromatic rings. The number of pyridine rings is 1. The van der Waals surface area contributed by atoms with Crippen molar-refractivity contribution in [2.24, 2.45) is 5.73 Å². The fourth-order valence-corrected chi connectivity index (χ4v) is 1.95. The van der Waals surface area contributed by atoms with Gasteiger partial charge in [0.25, 0.3) is 0 Å². The third kappa shape index (κ3) is 3.09. The Kier molecular flexibility index (Phi) is 4.12. The van der Waals surface area contributed by atoms with E-state index in [9.17, 15) is 4.39 Å². The van der Waals surface area contributed by atoms with Crippen LogP contribution in [0.15, 0.2) is 42.6 Å². The Morgan fingerprint density at radius 2 is 2.11 bits per heavy atom. The summed E-state index contributed by atoms with van der Waals surface area (Å²) in [5, 5.41) is 0. The molecule has 0 amide bonds. The fraction of sp³-hybridized carbons (Fsp3) is 0.267. The van der Waals surface area contributed by atoms with Crippen molar-refractivity contribution >= 4 is 11.5 Å². The minimum atomic E-state index is -0.247. The predicted molar refractivity (Wildman–Crippen MR) is 75.9 cm³/mol. The number of hydrogen-bond acceptors (Lipinski definition) is 3. The first-order chi connectivity index (χ1) is 9.11.